The summed E-state index contributed by atoms with van der Waals surface area (Å²) in [4.78, 5) is 13.9. The van der Waals surface area contributed by atoms with E-state index in [-0.39, 0.29) is 5.91 Å². The Kier molecular flexibility index (Phi) is 5.56. The van der Waals surface area contributed by atoms with Gasteiger partial charge in [0.25, 0.3) is 0 Å². The molecule has 0 spiro atoms. The van der Waals surface area contributed by atoms with Crippen molar-refractivity contribution in [3.05, 3.63) is 35.4 Å². The Labute approximate surface area is 121 Å². The number of hydrazine groups is 1. The summed E-state index contributed by atoms with van der Waals surface area (Å²) in [6.07, 6.45) is 6.99. The zero-order valence-electron chi connectivity index (χ0n) is 12.3. The van der Waals surface area contributed by atoms with Crippen LogP contribution in [0.15, 0.2) is 24.3 Å². The van der Waals surface area contributed by atoms with E-state index in [4.69, 9.17) is 5.84 Å². The third-order valence-electron chi connectivity index (χ3n) is 4.25. The smallest absolute Gasteiger partial charge is 0.238 e. The van der Waals surface area contributed by atoms with Crippen molar-refractivity contribution in [1.29, 1.82) is 0 Å². The second-order valence-electron chi connectivity index (χ2n) is 5.72. The number of carbonyl (C=O) groups excluding carboxylic acids is 1. The van der Waals surface area contributed by atoms with E-state index in [9.17, 15) is 4.79 Å². The molecule has 3 N–H and O–H groups in total. The molecule has 1 fully saturated rings. The van der Waals surface area contributed by atoms with Crippen LogP contribution in [0.25, 0.3) is 0 Å². The van der Waals surface area contributed by atoms with Gasteiger partial charge in [-0.3, -0.25) is 15.1 Å². The molecule has 0 atom stereocenters. The predicted molar refractivity (Wildman–Crippen MR) is 80.8 cm³/mol. The van der Waals surface area contributed by atoms with Crippen LogP contribution in [0, 0.1) is 0 Å². The normalized spacial score (nSPS) is 16.4. The predicted octanol–water partition coefficient (Wildman–Crippen LogP) is 1.98. The monoisotopic (exact) mass is 275 g/mol. The van der Waals surface area contributed by atoms with Gasteiger partial charge in [0.1, 0.15) is 0 Å². The second kappa shape index (κ2) is 7.41. The van der Waals surface area contributed by atoms with Gasteiger partial charge >= 0.3 is 0 Å². The molecule has 0 bridgehead atoms. The number of nitrogens with zero attached hydrogens (tertiary/aromatic N) is 1. The Bertz CT molecular complexity index is 441. The van der Waals surface area contributed by atoms with Crippen LogP contribution in [0.4, 0.5) is 0 Å². The fourth-order valence-corrected chi connectivity index (χ4v) is 3.03. The highest BCUT2D eigenvalue weighted by Crippen LogP contribution is 2.23. The molecule has 20 heavy (non-hydrogen) atoms. The summed E-state index contributed by atoms with van der Waals surface area (Å²) in [5.41, 5.74) is 4.50. The fraction of sp³-hybridized carbons (Fsp3) is 0.562. The highest BCUT2D eigenvalue weighted by Gasteiger charge is 2.19. The maximum Gasteiger partial charge on any atom is 0.238 e. The number of amides is 1. The lowest BCUT2D eigenvalue weighted by atomic mass is 9.94. The molecule has 1 aromatic carbocycles. The topological polar surface area (TPSA) is 58.4 Å². The van der Waals surface area contributed by atoms with Crippen molar-refractivity contribution in [2.45, 2.75) is 51.1 Å². The van der Waals surface area contributed by atoms with Gasteiger partial charge in [0.2, 0.25) is 5.91 Å². The van der Waals surface area contributed by atoms with Crippen molar-refractivity contribution in [2.24, 2.45) is 5.84 Å². The van der Waals surface area contributed by atoms with Gasteiger partial charge in [-0.05, 0) is 31.0 Å². The summed E-state index contributed by atoms with van der Waals surface area (Å²) in [6.45, 7) is 0.901. The van der Waals surface area contributed by atoms with Gasteiger partial charge in [-0.25, -0.2) is 5.84 Å². The van der Waals surface area contributed by atoms with E-state index in [0.717, 1.165) is 12.1 Å². The molecule has 0 aliphatic heterocycles. The zero-order valence-corrected chi connectivity index (χ0v) is 12.3. The number of hydrogen-bond donors (Lipinski definition) is 2. The van der Waals surface area contributed by atoms with Gasteiger partial charge in [0.15, 0.2) is 0 Å². The van der Waals surface area contributed by atoms with Crippen LogP contribution >= 0.6 is 0 Å². The van der Waals surface area contributed by atoms with Crippen molar-refractivity contribution in [2.75, 3.05) is 7.05 Å². The number of hydrogen-bond acceptors (Lipinski definition) is 3. The first kappa shape index (κ1) is 15.0. The zero-order chi connectivity index (χ0) is 14.4. The first-order valence-electron chi connectivity index (χ1n) is 7.47. The van der Waals surface area contributed by atoms with Crippen molar-refractivity contribution in [3.63, 3.8) is 0 Å². The van der Waals surface area contributed by atoms with E-state index in [1.807, 2.05) is 18.2 Å². The SMILES string of the molecule is CN(Cc1ccccc1CC(=O)NN)C1CCCCC1. The van der Waals surface area contributed by atoms with Crippen LogP contribution in [0.1, 0.15) is 43.2 Å². The van der Waals surface area contributed by atoms with Crippen LogP contribution < -0.4 is 11.3 Å². The van der Waals surface area contributed by atoms with E-state index < -0.39 is 0 Å². The average Bonchev–Trinajstić information content (AvgIpc) is 2.50. The summed E-state index contributed by atoms with van der Waals surface area (Å²) < 4.78 is 0. The molecule has 1 saturated carbocycles. The van der Waals surface area contributed by atoms with Crippen LogP contribution in [0.2, 0.25) is 0 Å². The van der Waals surface area contributed by atoms with E-state index in [2.05, 4.69) is 23.4 Å². The van der Waals surface area contributed by atoms with Crippen LogP contribution in [0.3, 0.4) is 0 Å². The Morgan fingerprint density at radius 1 is 1.25 bits per heavy atom. The molecule has 0 saturated heterocycles. The van der Waals surface area contributed by atoms with Gasteiger partial charge in [-0.1, -0.05) is 43.5 Å². The van der Waals surface area contributed by atoms with Gasteiger partial charge < -0.3 is 0 Å². The highest BCUT2D eigenvalue weighted by molar-refractivity contribution is 5.78. The third-order valence-corrected chi connectivity index (χ3v) is 4.25. The Morgan fingerprint density at radius 3 is 2.55 bits per heavy atom. The molecule has 0 aromatic heterocycles. The van der Waals surface area contributed by atoms with Crippen molar-refractivity contribution >= 4 is 5.91 Å². The number of carbonyl (C=O) groups is 1. The van der Waals surface area contributed by atoms with Crippen molar-refractivity contribution < 1.29 is 4.79 Å². The molecular weight excluding hydrogens is 250 g/mol. The molecule has 4 heteroatoms. The molecular formula is C16H25N3O. The van der Waals surface area contributed by atoms with Crippen LogP contribution in [0.5, 0.6) is 0 Å². The van der Waals surface area contributed by atoms with E-state index in [1.165, 1.54) is 37.7 Å². The van der Waals surface area contributed by atoms with E-state index >= 15 is 0 Å². The number of nitrogens with one attached hydrogen (secondary N) is 1. The minimum absolute atomic E-state index is 0.141. The summed E-state index contributed by atoms with van der Waals surface area (Å²) in [7, 11) is 2.19. The second-order valence-corrected chi connectivity index (χ2v) is 5.72. The Morgan fingerprint density at radius 2 is 1.90 bits per heavy atom. The Balaban J connectivity index is 2.02. The molecule has 110 valence electrons. The van der Waals surface area contributed by atoms with Gasteiger partial charge in [-0.2, -0.15) is 0 Å². The summed E-state index contributed by atoms with van der Waals surface area (Å²) in [5.74, 6) is 5.04. The lowest BCUT2D eigenvalue weighted by Gasteiger charge is -2.31. The molecule has 4 nitrogen and oxygen atoms in total. The number of nitrogens with two attached hydrogens (primary N) is 1. The van der Waals surface area contributed by atoms with Crippen LogP contribution in [-0.2, 0) is 17.8 Å². The highest BCUT2D eigenvalue weighted by atomic mass is 16.2. The molecule has 0 unspecified atom stereocenters. The quantitative estimate of drug-likeness (QED) is 0.491. The average molecular weight is 275 g/mol. The number of benzene rings is 1. The largest absolute Gasteiger partial charge is 0.299 e. The molecule has 0 radical (unpaired) electrons. The van der Waals surface area contributed by atoms with Gasteiger partial charge in [0, 0.05) is 12.6 Å². The standard InChI is InChI=1S/C16H25N3O/c1-19(15-9-3-2-4-10-15)12-14-8-6-5-7-13(14)11-16(20)18-17/h5-8,15H,2-4,9-12,17H2,1H3,(H,18,20). The molecule has 1 amide bonds. The summed E-state index contributed by atoms with van der Waals surface area (Å²) >= 11 is 0. The fourth-order valence-electron chi connectivity index (χ4n) is 3.03. The van der Waals surface area contributed by atoms with Crippen molar-refractivity contribution in [1.82, 2.24) is 10.3 Å². The lowest BCUT2D eigenvalue weighted by molar-refractivity contribution is -0.120. The minimum atomic E-state index is -0.141. The minimum Gasteiger partial charge on any atom is -0.299 e. The first-order chi connectivity index (χ1) is 9.70. The maximum atomic E-state index is 11.5. The molecule has 1 aliphatic rings. The molecule has 0 heterocycles. The molecule has 2 rings (SSSR count). The van der Waals surface area contributed by atoms with E-state index in [0.29, 0.717) is 12.5 Å². The molecule has 1 aliphatic carbocycles. The lowest BCUT2D eigenvalue weighted by Crippen LogP contribution is -2.34. The maximum absolute atomic E-state index is 11.5. The summed E-state index contributed by atoms with van der Waals surface area (Å²) in [5, 5.41) is 0. The summed E-state index contributed by atoms with van der Waals surface area (Å²) in [6, 6.07) is 8.81. The third kappa shape index (κ3) is 4.05. The Hall–Kier alpha value is -1.39. The molecule has 1 aromatic rings. The number of rotatable bonds is 5. The van der Waals surface area contributed by atoms with Gasteiger partial charge in [0.05, 0.1) is 6.42 Å². The van der Waals surface area contributed by atoms with Crippen LogP contribution in [-0.4, -0.2) is 23.9 Å². The first-order valence-corrected chi connectivity index (χ1v) is 7.47. The van der Waals surface area contributed by atoms with Gasteiger partial charge in [-0.15, -0.1) is 0 Å². The van der Waals surface area contributed by atoms with Crippen molar-refractivity contribution in [3.8, 4) is 0 Å². The van der Waals surface area contributed by atoms with E-state index in [1.54, 1.807) is 0 Å².